The number of piperazine rings is 1. The summed E-state index contributed by atoms with van der Waals surface area (Å²) in [7, 11) is 0. The number of hydrogen-bond donors (Lipinski definition) is 1. The molecular formula is C19H23Cl3N2O2-2. The van der Waals surface area contributed by atoms with E-state index in [1.807, 2.05) is 18.2 Å². The van der Waals surface area contributed by atoms with Gasteiger partial charge < -0.3 is 39.6 Å². The van der Waals surface area contributed by atoms with Crippen LogP contribution in [0.3, 0.4) is 0 Å². The Labute approximate surface area is 172 Å². The van der Waals surface area contributed by atoms with E-state index in [4.69, 9.17) is 16.3 Å². The Morgan fingerprint density at radius 3 is 2.15 bits per heavy atom. The zero-order valence-electron chi connectivity index (χ0n) is 14.4. The van der Waals surface area contributed by atoms with Gasteiger partial charge in [-0.1, -0.05) is 29.8 Å². The fourth-order valence-corrected chi connectivity index (χ4v) is 3.03. The van der Waals surface area contributed by atoms with E-state index in [9.17, 15) is 5.11 Å². The molecule has 7 heteroatoms. The van der Waals surface area contributed by atoms with E-state index in [1.165, 1.54) is 5.69 Å². The van der Waals surface area contributed by atoms with Gasteiger partial charge in [0.05, 0.1) is 0 Å². The normalized spacial score (nSPS) is 15.5. The van der Waals surface area contributed by atoms with Crippen molar-refractivity contribution in [2.45, 2.75) is 6.10 Å². The molecule has 0 bridgehead atoms. The predicted octanol–water partition coefficient (Wildman–Crippen LogP) is -3.09. The lowest BCUT2D eigenvalue weighted by Crippen LogP contribution is -3.00. The molecule has 1 aliphatic heterocycles. The smallest absolute Gasteiger partial charge is 0.119 e. The molecule has 1 aliphatic rings. The summed E-state index contributed by atoms with van der Waals surface area (Å²) in [5.74, 6) is 0.729. The topological polar surface area (TPSA) is 35.9 Å². The number of β-amino-alcohol motifs (C(OH)–C–C–N with tert-alkyl or cyclic N) is 1. The molecule has 1 unspecified atom stereocenters. The van der Waals surface area contributed by atoms with Gasteiger partial charge in [0.25, 0.3) is 0 Å². The van der Waals surface area contributed by atoms with Crippen molar-refractivity contribution in [3.8, 4) is 5.75 Å². The van der Waals surface area contributed by atoms with Crippen LogP contribution in [-0.4, -0.2) is 55.4 Å². The molecule has 1 N–H and O–H groups in total. The molecule has 2 aromatic carbocycles. The van der Waals surface area contributed by atoms with Crippen LogP contribution in [-0.2, 0) is 0 Å². The van der Waals surface area contributed by atoms with Gasteiger partial charge in [0.2, 0.25) is 0 Å². The zero-order chi connectivity index (χ0) is 16.8. The van der Waals surface area contributed by atoms with Crippen molar-refractivity contribution < 1.29 is 34.7 Å². The molecule has 26 heavy (non-hydrogen) atoms. The summed E-state index contributed by atoms with van der Waals surface area (Å²) in [6.45, 7) is 4.79. The lowest BCUT2D eigenvalue weighted by atomic mass is 10.2. The standard InChI is InChI=1S/C19H23ClN2O2.2ClH/c20-16-6-8-19(9-7-16)24-15-18(23)14-21-10-12-22(13-11-21)17-4-2-1-3-5-17;;/h1-9,18,23H,10-15H2;2*1H/p-2. The van der Waals surface area contributed by atoms with Crippen molar-refractivity contribution in [1.29, 1.82) is 0 Å². The Balaban J connectivity index is 0.00000169. The van der Waals surface area contributed by atoms with Gasteiger partial charge in [-0.2, -0.15) is 0 Å². The summed E-state index contributed by atoms with van der Waals surface area (Å²) >= 11 is 5.84. The Morgan fingerprint density at radius 2 is 1.54 bits per heavy atom. The molecule has 1 heterocycles. The number of benzene rings is 2. The largest absolute Gasteiger partial charge is 1.00 e. The van der Waals surface area contributed by atoms with E-state index >= 15 is 0 Å². The monoisotopic (exact) mass is 416 g/mol. The first-order valence-corrected chi connectivity index (χ1v) is 8.67. The summed E-state index contributed by atoms with van der Waals surface area (Å²) in [5, 5.41) is 10.9. The number of hydrogen-bond acceptors (Lipinski definition) is 4. The summed E-state index contributed by atoms with van der Waals surface area (Å²) in [5.41, 5.74) is 1.27. The van der Waals surface area contributed by atoms with Crippen molar-refractivity contribution >= 4 is 17.3 Å². The number of para-hydroxylation sites is 1. The molecule has 0 aromatic heterocycles. The van der Waals surface area contributed by atoms with E-state index in [-0.39, 0.29) is 24.8 Å². The molecule has 1 atom stereocenters. The highest BCUT2D eigenvalue weighted by Gasteiger charge is 2.19. The van der Waals surface area contributed by atoms with Crippen LogP contribution < -0.4 is 34.5 Å². The fraction of sp³-hybridized carbons (Fsp3) is 0.368. The molecule has 144 valence electrons. The maximum Gasteiger partial charge on any atom is 0.119 e. The molecule has 1 saturated heterocycles. The molecular weight excluding hydrogens is 395 g/mol. The maximum absolute atomic E-state index is 10.2. The van der Waals surface area contributed by atoms with Crippen molar-refractivity contribution in [1.82, 2.24) is 4.90 Å². The second-order valence-electron chi connectivity index (χ2n) is 6.04. The summed E-state index contributed by atoms with van der Waals surface area (Å²) < 4.78 is 5.61. The highest BCUT2D eigenvalue weighted by atomic mass is 35.5. The minimum absolute atomic E-state index is 0. The zero-order valence-corrected chi connectivity index (χ0v) is 16.7. The third kappa shape index (κ3) is 6.86. The predicted molar refractivity (Wildman–Crippen MR) is 98.0 cm³/mol. The van der Waals surface area contributed by atoms with Gasteiger partial charge in [-0.3, -0.25) is 4.90 Å². The van der Waals surface area contributed by atoms with Crippen LogP contribution in [0.4, 0.5) is 5.69 Å². The van der Waals surface area contributed by atoms with Crippen molar-refractivity contribution in [3.05, 3.63) is 59.6 Å². The lowest BCUT2D eigenvalue weighted by molar-refractivity contribution is -0.001000. The average Bonchev–Trinajstić information content (AvgIpc) is 2.63. The van der Waals surface area contributed by atoms with Crippen LogP contribution in [0, 0.1) is 0 Å². The first kappa shape index (κ1) is 22.9. The third-order valence-electron chi connectivity index (χ3n) is 4.22. The second kappa shape index (κ2) is 11.5. The Morgan fingerprint density at radius 1 is 0.923 bits per heavy atom. The molecule has 0 amide bonds. The Bertz CT molecular complexity index is 620. The van der Waals surface area contributed by atoms with Gasteiger partial charge in [0.15, 0.2) is 0 Å². The molecule has 0 spiro atoms. The fourth-order valence-electron chi connectivity index (χ4n) is 2.90. The second-order valence-corrected chi connectivity index (χ2v) is 6.48. The highest BCUT2D eigenvalue weighted by Crippen LogP contribution is 2.17. The number of ether oxygens (including phenoxy) is 1. The van der Waals surface area contributed by atoms with Crippen LogP contribution in [0.2, 0.25) is 5.02 Å². The summed E-state index contributed by atoms with van der Waals surface area (Å²) in [6.07, 6.45) is -0.496. The summed E-state index contributed by atoms with van der Waals surface area (Å²) in [6, 6.07) is 17.7. The molecule has 1 fully saturated rings. The molecule has 4 nitrogen and oxygen atoms in total. The molecule has 2 aromatic rings. The van der Waals surface area contributed by atoms with Gasteiger partial charge in [0, 0.05) is 43.4 Å². The molecule has 0 aliphatic carbocycles. The third-order valence-corrected chi connectivity index (χ3v) is 4.47. The Hall–Kier alpha value is -1.17. The quantitative estimate of drug-likeness (QED) is 0.541. The van der Waals surface area contributed by atoms with E-state index in [2.05, 4.69) is 34.1 Å². The SMILES string of the molecule is OC(COc1ccc(Cl)cc1)CN1CCN(c2ccccc2)CC1.[Cl-].[Cl-]. The average molecular weight is 418 g/mol. The highest BCUT2D eigenvalue weighted by molar-refractivity contribution is 6.30. The number of halogens is 3. The van der Waals surface area contributed by atoms with Crippen LogP contribution >= 0.6 is 11.6 Å². The number of nitrogens with zero attached hydrogens (tertiary/aromatic N) is 2. The van der Waals surface area contributed by atoms with Crippen molar-refractivity contribution in [2.24, 2.45) is 0 Å². The van der Waals surface area contributed by atoms with Gasteiger partial charge in [0.1, 0.15) is 18.5 Å². The van der Waals surface area contributed by atoms with E-state index in [0.717, 1.165) is 31.9 Å². The number of rotatable bonds is 6. The first-order chi connectivity index (χ1) is 11.7. The van der Waals surface area contributed by atoms with E-state index in [1.54, 1.807) is 12.1 Å². The number of anilines is 1. The minimum atomic E-state index is -0.496. The van der Waals surface area contributed by atoms with Gasteiger partial charge >= 0.3 is 0 Å². The number of aliphatic hydroxyl groups is 1. The molecule has 3 rings (SSSR count). The Kier molecular flexibility index (Phi) is 10.1. The van der Waals surface area contributed by atoms with Crippen molar-refractivity contribution in [3.63, 3.8) is 0 Å². The van der Waals surface area contributed by atoms with Crippen LogP contribution in [0.5, 0.6) is 5.75 Å². The maximum atomic E-state index is 10.2. The first-order valence-electron chi connectivity index (χ1n) is 8.29. The number of aliphatic hydroxyl groups excluding tert-OH is 1. The summed E-state index contributed by atoms with van der Waals surface area (Å²) in [4.78, 5) is 4.67. The van der Waals surface area contributed by atoms with Crippen molar-refractivity contribution in [2.75, 3.05) is 44.2 Å². The minimum Gasteiger partial charge on any atom is -1.00 e. The van der Waals surface area contributed by atoms with Crippen LogP contribution in [0.1, 0.15) is 0 Å². The van der Waals surface area contributed by atoms with E-state index < -0.39 is 6.10 Å². The van der Waals surface area contributed by atoms with E-state index in [0.29, 0.717) is 18.2 Å². The molecule has 0 radical (unpaired) electrons. The van der Waals surface area contributed by atoms with Crippen LogP contribution in [0.15, 0.2) is 54.6 Å². The lowest BCUT2D eigenvalue weighted by Gasteiger charge is -2.36. The van der Waals surface area contributed by atoms with Gasteiger partial charge in [-0.15, -0.1) is 0 Å². The van der Waals surface area contributed by atoms with Gasteiger partial charge in [-0.05, 0) is 36.4 Å². The molecule has 0 saturated carbocycles. The van der Waals surface area contributed by atoms with Gasteiger partial charge in [-0.25, -0.2) is 0 Å². The van der Waals surface area contributed by atoms with Crippen LogP contribution in [0.25, 0.3) is 0 Å².